The summed E-state index contributed by atoms with van der Waals surface area (Å²) in [7, 11) is 3.27. The number of rotatable bonds is 7. The molecule has 1 aromatic carbocycles. The highest BCUT2D eigenvalue weighted by Crippen LogP contribution is 2.19. The standard InChI is InChI=1S/C19H23F3N4O2.HI/c1-13-4-6-15(16(8-13)27-3)11-26-18(23-2)25-10-14-5-7-17(24-9-14)28-12-19(20,21)22;/h4-9H,10-12H2,1-3H3,(H2,23,25,26);1H. The lowest BCUT2D eigenvalue weighted by atomic mass is 10.1. The van der Waals surface area contributed by atoms with Crippen molar-refractivity contribution in [3.05, 3.63) is 53.2 Å². The molecule has 2 aromatic rings. The summed E-state index contributed by atoms with van der Waals surface area (Å²) >= 11 is 0. The first-order valence-corrected chi connectivity index (χ1v) is 8.53. The van der Waals surface area contributed by atoms with Gasteiger partial charge in [-0.15, -0.1) is 24.0 Å². The monoisotopic (exact) mass is 524 g/mol. The van der Waals surface area contributed by atoms with Gasteiger partial charge in [-0.3, -0.25) is 4.99 Å². The number of aliphatic imine (C=N–C) groups is 1. The van der Waals surface area contributed by atoms with Crippen LogP contribution in [0.1, 0.15) is 16.7 Å². The molecule has 29 heavy (non-hydrogen) atoms. The van der Waals surface area contributed by atoms with Crippen molar-refractivity contribution in [2.45, 2.75) is 26.2 Å². The van der Waals surface area contributed by atoms with E-state index in [1.54, 1.807) is 20.2 Å². The summed E-state index contributed by atoms with van der Waals surface area (Å²) in [5, 5.41) is 6.31. The molecule has 0 amide bonds. The maximum absolute atomic E-state index is 12.1. The maximum atomic E-state index is 12.1. The Morgan fingerprint density at radius 1 is 1.14 bits per heavy atom. The molecule has 0 saturated heterocycles. The molecule has 160 valence electrons. The number of methoxy groups -OCH3 is 1. The van der Waals surface area contributed by atoms with Gasteiger partial charge in [-0.1, -0.05) is 18.2 Å². The summed E-state index contributed by atoms with van der Waals surface area (Å²) < 4.78 is 46.4. The van der Waals surface area contributed by atoms with Crippen LogP contribution in [0.5, 0.6) is 11.6 Å². The number of aryl methyl sites for hydroxylation is 1. The molecule has 0 fully saturated rings. The van der Waals surface area contributed by atoms with Crippen LogP contribution in [-0.4, -0.2) is 37.9 Å². The lowest BCUT2D eigenvalue weighted by Crippen LogP contribution is -2.36. The number of ether oxygens (including phenoxy) is 2. The van der Waals surface area contributed by atoms with Crippen molar-refractivity contribution < 1.29 is 22.6 Å². The molecule has 0 bridgehead atoms. The van der Waals surface area contributed by atoms with E-state index in [1.165, 1.54) is 12.3 Å². The molecule has 0 spiro atoms. The normalized spacial score (nSPS) is 11.4. The molecule has 1 heterocycles. The zero-order valence-electron chi connectivity index (χ0n) is 16.3. The maximum Gasteiger partial charge on any atom is 0.422 e. The predicted octanol–water partition coefficient (Wildman–Crippen LogP) is 3.82. The van der Waals surface area contributed by atoms with E-state index < -0.39 is 12.8 Å². The van der Waals surface area contributed by atoms with Crippen LogP contribution in [0.4, 0.5) is 13.2 Å². The molecule has 0 radical (unpaired) electrons. The summed E-state index contributed by atoms with van der Waals surface area (Å²) in [5.41, 5.74) is 2.87. The first-order chi connectivity index (χ1) is 13.3. The third-order valence-corrected chi connectivity index (χ3v) is 3.75. The van der Waals surface area contributed by atoms with E-state index in [4.69, 9.17) is 4.74 Å². The Kier molecular flexibility index (Phi) is 9.99. The molecule has 0 aliphatic heterocycles. The minimum atomic E-state index is -4.39. The van der Waals surface area contributed by atoms with Crippen molar-refractivity contribution in [2.24, 2.45) is 4.99 Å². The number of halogens is 4. The van der Waals surface area contributed by atoms with Crippen molar-refractivity contribution in [1.29, 1.82) is 0 Å². The van der Waals surface area contributed by atoms with E-state index in [-0.39, 0.29) is 29.9 Å². The summed E-state index contributed by atoms with van der Waals surface area (Å²) in [6.07, 6.45) is -2.94. The number of alkyl halides is 3. The number of hydrogen-bond acceptors (Lipinski definition) is 4. The van der Waals surface area contributed by atoms with Crippen LogP contribution >= 0.6 is 24.0 Å². The van der Waals surface area contributed by atoms with Gasteiger partial charge in [-0.25, -0.2) is 4.98 Å². The predicted molar refractivity (Wildman–Crippen MR) is 116 cm³/mol. The van der Waals surface area contributed by atoms with Crippen LogP contribution in [0.3, 0.4) is 0 Å². The Balaban J connectivity index is 0.00000420. The highest BCUT2D eigenvalue weighted by Gasteiger charge is 2.28. The molecule has 2 rings (SSSR count). The second-order valence-corrected chi connectivity index (χ2v) is 6.00. The lowest BCUT2D eigenvalue weighted by Gasteiger charge is -2.14. The average molecular weight is 524 g/mol. The van der Waals surface area contributed by atoms with Crippen molar-refractivity contribution in [3.63, 3.8) is 0 Å². The smallest absolute Gasteiger partial charge is 0.422 e. The zero-order valence-corrected chi connectivity index (χ0v) is 18.7. The van der Waals surface area contributed by atoms with Crippen molar-refractivity contribution in [3.8, 4) is 11.6 Å². The molecule has 0 saturated carbocycles. The first-order valence-electron chi connectivity index (χ1n) is 8.53. The third-order valence-electron chi connectivity index (χ3n) is 3.75. The molecule has 0 aliphatic rings. The van der Waals surface area contributed by atoms with Crippen molar-refractivity contribution in [2.75, 3.05) is 20.8 Å². The molecule has 2 N–H and O–H groups in total. The van der Waals surface area contributed by atoms with E-state index in [0.717, 1.165) is 22.4 Å². The fourth-order valence-electron chi connectivity index (χ4n) is 2.34. The molecule has 6 nitrogen and oxygen atoms in total. The Morgan fingerprint density at radius 3 is 2.45 bits per heavy atom. The Bertz CT molecular complexity index is 799. The van der Waals surface area contributed by atoms with E-state index in [0.29, 0.717) is 19.0 Å². The zero-order chi connectivity index (χ0) is 20.6. The van der Waals surface area contributed by atoms with Crippen LogP contribution in [0.15, 0.2) is 41.5 Å². The van der Waals surface area contributed by atoms with Crippen molar-refractivity contribution >= 4 is 29.9 Å². The average Bonchev–Trinajstić information content (AvgIpc) is 2.67. The molecule has 0 unspecified atom stereocenters. The Morgan fingerprint density at radius 2 is 1.86 bits per heavy atom. The van der Waals surface area contributed by atoms with Crippen LogP contribution in [-0.2, 0) is 13.1 Å². The topological polar surface area (TPSA) is 67.8 Å². The van der Waals surface area contributed by atoms with Crippen molar-refractivity contribution in [1.82, 2.24) is 15.6 Å². The van der Waals surface area contributed by atoms with E-state index in [2.05, 4.69) is 25.3 Å². The summed E-state index contributed by atoms with van der Waals surface area (Å²) in [5.74, 6) is 1.29. The van der Waals surface area contributed by atoms with Gasteiger partial charge in [0, 0.05) is 38.0 Å². The number of benzene rings is 1. The van der Waals surface area contributed by atoms with Gasteiger partial charge in [0.25, 0.3) is 0 Å². The van der Waals surface area contributed by atoms with E-state index >= 15 is 0 Å². The fraction of sp³-hybridized carbons (Fsp3) is 0.368. The van der Waals surface area contributed by atoms with Gasteiger partial charge in [0.2, 0.25) is 5.88 Å². The van der Waals surface area contributed by atoms with Crippen LogP contribution in [0.2, 0.25) is 0 Å². The SMILES string of the molecule is CN=C(NCc1ccc(OCC(F)(F)F)nc1)NCc1ccc(C)cc1OC.I. The van der Waals surface area contributed by atoms with Gasteiger partial charge in [0.05, 0.1) is 7.11 Å². The highest BCUT2D eigenvalue weighted by atomic mass is 127. The number of hydrogen-bond donors (Lipinski definition) is 2. The van der Waals surface area contributed by atoms with Crippen LogP contribution in [0, 0.1) is 6.92 Å². The van der Waals surface area contributed by atoms with E-state index in [9.17, 15) is 13.2 Å². The quantitative estimate of drug-likeness (QED) is 0.328. The summed E-state index contributed by atoms with van der Waals surface area (Å²) in [6.45, 7) is 1.55. The lowest BCUT2D eigenvalue weighted by molar-refractivity contribution is -0.154. The number of aromatic nitrogens is 1. The highest BCUT2D eigenvalue weighted by molar-refractivity contribution is 14.0. The minimum Gasteiger partial charge on any atom is -0.496 e. The number of guanidine groups is 1. The fourth-order valence-corrected chi connectivity index (χ4v) is 2.34. The molecule has 0 aliphatic carbocycles. The van der Waals surface area contributed by atoms with Gasteiger partial charge < -0.3 is 20.1 Å². The second-order valence-electron chi connectivity index (χ2n) is 6.00. The first kappa shape index (κ1) is 24.8. The summed E-state index contributed by atoms with van der Waals surface area (Å²) in [4.78, 5) is 8.02. The molecule has 10 heteroatoms. The number of pyridine rings is 1. The third kappa shape index (κ3) is 8.75. The summed E-state index contributed by atoms with van der Waals surface area (Å²) in [6, 6.07) is 8.99. The van der Waals surface area contributed by atoms with Gasteiger partial charge in [0.1, 0.15) is 5.75 Å². The number of nitrogens with zero attached hydrogens (tertiary/aromatic N) is 2. The molecular formula is C19H24F3IN4O2. The Hall–Kier alpha value is -2.24. The van der Waals surface area contributed by atoms with Gasteiger partial charge in [-0.2, -0.15) is 13.2 Å². The van der Waals surface area contributed by atoms with Crippen LogP contribution in [0.25, 0.3) is 0 Å². The molecular weight excluding hydrogens is 500 g/mol. The van der Waals surface area contributed by atoms with Crippen LogP contribution < -0.4 is 20.1 Å². The van der Waals surface area contributed by atoms with Gasteiger partial charge in [-0.05, 0) is 24.1 Å². The molecule has 0 atom stereocenters. The Labute approximate surface area is 184 Å². The molecule has 1 aromatic heterocycles. The minimum absolute atomic E-state index is 0. The van der Waals surface area contributed by atoms with Gasteiger partial charge >= 0.3 is 6.18 Å². The van der Waals surface area contributed by atoms with E-state index in [1.807, 2.05) is 25.1 Å². The number of nitrogens with one attached hydrogen (secondary N) is 2. The largest absolute Gasteiger partial charge is 0.496 e. The second kappa shape index (κ2) is 11.7. The van der Waals surface area contributed by atoms with Gasteiger partial charge in [0.15, 0.2) is 12.6 Å².